The van der Waals surface area contributed by atoms with Crippen LogP contribution in [-0.4, -0.2) is 48.0 Å². The lowest BCUT2D eigenvalue weighted by molar-refractivity contribution is -0.140. The predicted molar refractivity (Wildman–Crippen MR) is 134 cm³/mol. The smallest absolute Gasteiger partial charge is 0.295 e. The van der Waals surface area contributed by atoms with E-state index >= 15 is 0 Å². The number of benzene rings is 2. The van der Waals surface area contributed by atoms with Crippen LogP contribution in [0.3, 0.4) is 0 Å². The van der Waals surface area contributed by atoms with Crippen LogP contribution < -0.4 is 14.2 Å². The second-order valence-corrected chi connectivity index (χ2v) is 8.55. The fourth-order valence-corrected chi connectivity index (χ4v) is 4.38. The molecule has 0 bridgehead atoms. The first kappa shape index (κ1) is 24.8. The molecule has 1 aliphatic rings. The summed E-state index contributed by atoms with van der Waals surface area (Å²) >= 11 is 0. The van der Waals surface area contributed by atoms with Crippen molar-refractivity contribution in [3.05, 3.63) is 88.2 Å². The molecule has 1 atom stereocenters. The van der Waals surface area contributed by atoms with E-state index in [1.165, 1.54) is 26.2 Å². The highest BCUT2D eigenvalue weighted by Crippen LogP contribution is 2.46. The summed E-state index contributed by atoms with van der Waals surface area (Å²) in [5.41, 5.74) is 3.70. The van der Waals surface area contributed by atoms with Gasteiger partial charge >= 0.3 is 0 Å². The van der Waals surface area contributed by atoms with Crippen LogP contribution in [0, 0.1) is 13.8 Å². The van der Waals surface area contributed by atoms with Crippen LogP contribution in [0.5, 0.6) is 17.2 Å². The van der Waals surface area contributed by atoms with Gasteiger partial charge in [-0.15, -0.1) is 0 Å². The quantitative estimate of drug-likeness (QED) is 0.300. The first-order valence-corrected chi connectivity index (χ1v) is 11.4. The van der Waals surface area contributed by atoms with Gasteiger partial charge in [-0.2, -0.15) is 0 Å². The van der Waals surface area contributed by atoms with Crippen molar-refractivity contribution >= 4 is 17.4 Å². The standard InChI is InChI=1S/C28H28N2O6/c1-16-8-9-19(11-17(16)2)25(31)23-24(20-12-21(34-3)27(36-5)22(13-20)35-4)30(28(33)26(23)32)15-18-7-6-10-29-14-18/h6-14,24,31H,15H2,1-5H3/b25-23+. The molecule has 0 spiro atoms. The molecular formula is C28H28N2O6. The number of nitrogens with zero attached hydrogens (tertiary/aromatic N) is 2. The zero-order valence-corrected chi connectivity index (χ0v) is 20.9. The highest BCUT2D eigenvalue weighted by molar-refractivity contribution is 6.46. The summed E-state index contributed by atoms with van der Waals surface area (Å²) in [6, 6.07) is 11.4. The van der Waals surface area contributed by atoms with Crippen LogP contribution >= 0.6 is 0 Å². The number of rotatable bonds is 7. The number of hydrogen-bond acceptors (Lipinski definition) is 7. The van der Waals surface area contributed by atoms with Crippen LogP contribution in [0.25, 0.3) is 5.76 Å². The molecule has 8 heteroatoms. The number of carbonyl (C=O) groups is 2. The number of carbonyl (C=O) groups excluding carboxylic acids is 2. The molecule has 4 rings (SSSR count). The topological polar surface area (TPSA) is 98.2 Å². The molecule has 2 aromatic carbocycles. The molecule has 1 aliphatic heterocycles. The number of aryl methyl sites for hydroxylation is 2. The third kappa shape index (κ3) is 4.37. The van der Waals surface area contributed by atoms with E-state index in [1.807, 2.05) is 26.0 Å². The van der Waals surface area contributed by atoms with Gasteiger partial charge < -0.3 is 24.2 Å². The number of aromatic nitrogens is 1. The zero-order chi connectivity index (χ0) is 26.0. The van der Waals surface area contributed by atoms with Gasteiger partial charge in [-0.25, -0.2) is 0 Å². The average molecular weight is 489 g/mol. The van der Waals surface area contributed by atoms with Crippen molar-refractivity contribution in [1.82, 2.24) is 9.88 Å². The number of Topliss-reactive ketones (excluding diaryl/α,β-unsaturated/α-hetero) is 1. The van der Waals surface area contributed by atoms with Crippen molar-refractivity contribution in [2.24, 2.45) is 0 Å². The van der Waals surface area contributed by atoms with Crippen molar-refractivity contribution in [2.75, 3.05) is 21.3 Å². The molecule has 0 radical (unpaired) electrons. The molecule has 1 amide bonds. The second kappa shape index (κ2) is 10.1. The summed E-state index contributed by atoms with van der Waals surface area (Å²) in [6.45, 7) is 4.00. The van der Waals surface area contributed by atoms with Gasteiger partial charge in [0.1, 0.15) is 5.76 Å². The first-order valence-electron chi connectivity index (χ1n) is 11.4. The number of aliphatic hydroxyl groups excluding tert-OH is 1. The Morgan fingerprint density at radius 3 is 2.22 bits per heavy atom. The number of ether oxygens (including phenoxy) is 3. The lowest BCUT2D eigenvalue weighted by Gasteiger charge is -2.26. The minimum Gasteiger partial charge on any atom is -0.507 e. The molecule has 3 aromatic rings. The Balaban J connectivity index is 1.96. The summed E-state index contributed by atoms with van der Waals surface area (Å²) in [7, 11) is 4.47. The van der Waals surface area contributed by atoms with Gasteiger partial charge in [0.2, 0.25) is 5.75 Å². The number of methoxy groups -OCH3 is 3. The average Bonchev–Trinajstić information content (AvgIpc) is 3.14. The van der Waals surface area contributed by atoms with E-state index in [2.05, 4.69) is 4.98 Å². The predicted octanol–water partition coefficient (Wildman–Crippen LogP) is 4.35. The van der Waals surface area contributed by atoms with Crippen molar-refractivity contribution in [3.63, 3.8) is 0 Å². The lowest BCUT2D eigenvalue weighted by Crippen LogP contribution is -2.29. The molecule has 1 fully saturated rings. The summed E-state index contributed by atoms with van der Waals surface area (Å²) < 4.78 is 16.5. The van der Waals surface area contributed by atoms with Crippen molar-refractivity contribution in [3.8, 4) is 17.2 Å². The SMILES string of the molecule is COc1cc(C2/C(=C(\O)c3ccc(C)c(C)c3)C(=O)C(=O)N2Cc2cccnc2)cc(OC)c1OC. The Morgan fingerprint density at radius 1 is 0.972 bits per heavy atom. The molecule has 8 nitrogen and oxygen atoms in total. The summed E-state index contributed by atoms with van der Waals surface area (Å²) in [5.74, 6) is -0.627. The normalized spacial score (nSPS) is 16.8. The highest BCUT2D eigenvalue weighted by Gasteiger charge is 2.46. The van der Waals surface area contributed by atoms with Gasteiger partial charge in [0.05, 0.1) is 32.9 Å². The minimum atomic E-state index is -0.902. The van der Waals surface area contributed by atoms with Gasteiger partial charge in [-0.3, -0.25) is 14.6 Å². The van der Waals surface area contributed by atoms with Gasteiger partial charge in [0.25, 0.3) is 11.7 Å². The summed E-state index contributed by atoms with van der Waals surface area (Å²) in [5, 5.41) is 11.4. The second-order valence-electron chi connectivity index (χ2n) is 8.55. The zero-order valence-electron chi connectivity index (χ0n) is 20.9. The van der Waals surface area contributed by atoms with Crippen molar-refractivity contribution in [1.29, 1.82) is 0 Å². The fourth-order valence-electron chi connectivity index (χ4n) is 4.38. The number of pyridine rings is 1. The number of aliphatic hydroxyl groups is 1. The first-order chi connectivity index (χ1) is 17.3. The third-order valence-corrected chi connectivity index (χ3v) is 6.40. The van der Waals surface area contributed by atoms with Crippen LogP contribution in [0.15, 0.2) is 60.4 Å². The van der Waals surface area contributed by atoms with E-state index in [1.54, 1.807) is 42.7 Å². The Morgan fingerprint density at radius 2 is 1.67 bits per heavy atom. The summed E-state index contributed by atoms with van der Waals surface area (Å²) in [6.07, 6.45) is 3.27. The molecule has 1 aromatic heterocycles. The van der Waals surface area contributed by atoms with E-state index in [9.17, 15) is 14.7 Å². The maximum absolute atomic E-state index is 13.4. The van der Waals surface area contributed by atoms with Crippen molar-refractivity contribution in [2.45, 2.75) is 26.4 Å². The largest absolute Gasteiger partial charge is 0.507 e. The molecule has 1 saturated heterocycles. The molecule has 1 N–H and O–H groups in total. The Bertz CT molecular complexity index is 1320. The lowest BCUT2D eigenvalue weighted by atomic mass is 9.93. The van der Waals surface area contributed by atoms with E-state index in [-0.39, 0.29) is 17.9 Å². The van der Waals surface area contributed by atoms with Crippen LogP contribution in [-0.2, 0) is 16.1 Å². The molecule has 36 heavy (non-hydrogen) atoms. The maximum atomic E-state index is 13.4. The van der Waals surface area contributed by atoms with Gasteiger partial charge in [-0.05, 0) is 60.4 Å². The number of ketones is 1. The van der Waals surface area contributed by atoms with Gasteiger partial charge in [-0.1, -0.05) is 18.2 Å². The molecule has 1 unspecified atom stereocenters. The Kier molecular flexibility index (Phi) is 6.96. The number of likely N-dealkylation sites (tertiary alicyclic amines) is 1. The summed E-state index contributed by atoms with van der Waals surface area (Å²) in [4.78, 5) is 32.2. The highest BCUT2D eigenvalue weighted by atomic mass is 16.5. The van der Waals surface area contributed by atoms with Crippen LogP contribution in [0.4, 0.5) is 0 Å². The monoisotopic (exact) mass is 488 g/mol. The van der Waals surface area contributed by atoms with Crippen LogP contribution in [0.1, 0.15) is 33.9 Å². The van der Waals surface area contributed by atoms with Gasteiger partial charge in [0.15, 0.2) is 11.5 Å². The third-order valence-electron chi connectivity index (χ3n) is 6.40. The minimum absolute atomic E-state index is 0.0126. The molecule has 0 saturated carbocycles. The van der Waals surface area contributed by atoms with E-state index in [4.69, 9.17) is 14.2 Å². The number of amides is 1. The van der Waals surface area contributed by atoms with E-state index in [0.717, 1.165) is 16.7 Å². The molecular weight excluding hydrogens is 460 g/mol. The maximum Gasteiger partial charge on any atom is 0.295 e. The number of hydrogen-bond donors (Lipinski definition) is 1. The van der Waals surface area contributed by atoms with E-state index < -0.39 is 17.7 Å². The molecule has 0 aliphatic carbocycles. The van der Waals surface area contributed by atoms with Crippen molar-refractivity contribution < 1.29 is 28.9 Å². The fraction of sp³-hybridized carbons (Fsp3) is 0.250. The van der Waals surface area contributed by atoms with Gasteiger partial charge in [0, 0.05) is 24.5 Å². The Hall–Kier alpha value is -4.33. The molecule has 2 heterocycles. The Labute approximate surface area is 209 Å². The molecule has 186 valence electrons. The van der Waals surface area contributed by atoms with Crippen LogP contribution in [0.2, 0.25) is 0 Å². The van der Waals surface area contributed by atoms with E-state index in [0.29, 0.717) is 28.4 Å².